The van der Waals surface area contributed by atoms with E-state index in [1.54, 1.807) is 23.5 Å². The standard InChI is InChI=1S/C19H21N5OS/c1-23-8-10-24(11-9-23)15-6-7-20-18(12-15)22-19-21-13-17(26-19)14-2-4-16(25)5-3-14/h2-7,12-13,25H,8-11H2,1H3,(H,20,21,22). The zero-order valence-corrected chi connectivity index (χ0v) is 15.4. The normalized spacial score (nSPS) is 15.2. The minimum absolute atomic E-state index is 0.265. The van der Waals surface area contributed by atoms with Crippen LogP contribution in [0.1, 0.15) is 0 Å². The lowest BCUT2D eigenvalue weighted by atomic mass is 10.2. The van der Waals surface area contributed by atoms with Gasteiger partial charge in [0.2, 0.25) is 0 Å². The highest BCUT2D eigenvalue weighted by Gasteiger charge is 2.15. The number of piperazine rings is 1. The molecule has 1 saturated heterocycles. The molecule has 0 saturated carbocycles. The first-order valence-corrected chi connectivity index (χ1v) is 9.41. The van der Waals surface area contributed by atoms with Gasteiger partial charge in [0, 0.05) is 50.3 Å². The molecule has 7 heteroatoms. The number of thiazole rings is 1. The molecule has 3 heterocycles. The van der Waals surface area contributed by atoms with Gasteiger partial charge in [0.15, 0.2) is 5.13 Å². The minimum atomic E-state index is 0.265. The second-order valence-electron chi connectivity index (χ2n) is 6.39. The maximum Gasteiger partial charge on any atom is 0.188 e. The molecule has 0 spiro atoms. The first-order valence-electron chi connectivity index (χ1n) is 8.59. The fourth-order valence-corrected chi connectivity index (χ4v) is 3.78. The Kier molecular flexibility index (Phi) is 4.73. The number of pyridine rings is 1. The molecule has 2 N–H and O–H groups in total. The van der Waals surface area contributed by atoms with Crippen molar-refractivity contribution in [3.05, 3.63) is 48.8 Å². The van der Waals surface area contributed by atoms with Crippen molar-refractivity contribution in [3.8, 4) is 16.2 Å². The van der Waals surface area contributed by atoms with Crippen LogP contribution in [0.2, 0.25) is 0 Å². The zero-order valence-electron chi connectivity index (χ0n) is 14.6. The van der Waals surface area contributed by atoms with Gasteiger partial charge in [-0.1, -0.05) is 11.3 Å². The number of phenolic OH excluding ortho intramolecular Hbond substituents is 1. The second kappa shape index (κ2) is 7.31. The van der Waals surface area contributed by atoms with Crippen molar-refractivity contribution >= 4 is 28.0 Å². The lowest BCUT2D eigenvalue weighted by molar-refractivity contribution is 0.313. The second-order valence-corrected chi connectivity index (χ2v) is 7.42. The molecule has 26 heavy (non-hydrogen) atoms. The molecule has 134 valence electrons. The SMILES string of the molecule is CN1CCN(c2ccnc(Nc3ncc(-c4ccc(O)cc4)s3)c2)CC1. The van der Waals surface area contributed by atoms with E-state index in [4.69, 9.17) is 0 Å². The zero-order chi connectivity index (χ0) is 17.9. The summed E-state index contributed by atoms with van der Waals surface area (Å²) in [5.74, 6) is 1.06. The fraction of sp³-hybridized carbons (Fsp3) is 0.263. The summed E-state index contributed by atoms with van der Waals surface area (Å²) in [6.07, 6.45) is 3.67. The number of benzene rings is 1. The van der Waals surface area contributed by atoms with Gasteiger partial charge in [0.1, 0.15) is 11.6 Å². The van der Waals surface area contributed by atoms with Gasteiger partial charge in [0.05, 0.1) is 4.88 Å². The molecule has 2 aromatic heterocycles. The molecule has 0 aliphatic carbocycles. The molecule has 1 aliphatic rings. The number of hydrogen-bond acceptors (Lipinski definition) is 7. The van der Waals surface area contributed by atoms with E-state index in [2.05, 4.69) is 44.3 Å². The summed E-state index contributed by atoms with van der Waals surface area (Å²) in [6, 6.07) is 11.3. The van der Waals surface area contributed by atoms with Crippen molar-refractivity contribution in [1.29, 1.82) is 0 Å². The largest absolute Gasteiger partial charge is 0.508 e. The van der Waals surface area contributed by atoms with Crippen LogP contribution in [0.4, 0.5) is 16.6 Å². The van der Waals surface area contributed by atoms with Gasteiger partial charge in [-0.3, -0.25) is 0 Å². The Morgan fingerprint density at radius 1 is 1.04 bits per heavy atom. The van der Waals surface area contributed by atoms with Crippen molar-refractivity contribution in [2.45, 2.75) is 0 Å². The fourth-order valence-electron chi connectivity index (χ4n) is 2.95. The molecular formula is C19H21N5OS. The van der Waals surface area contributed by atoms with Crippen molar-refractivity contribution in [1.82, 2.24) is 14.9 Å². The Labute approximate surface area is 156 Å². The third-order valence-corrected chi connectivity index (χ3v) is 5.47. The van der Waals surface area contributed by atoms with Crippen molar-refractivity contribution < 1.29 is 5.11 Å². The third kappa shape index (κ3) is 3.79. The topological polar surface area (TPSA) is 64.5 Å². The van der Waals surface area contributed by atoms with Gasteiger partial charge >= 0.3 is 0 Å². The number of nitrogens with one attached hydrogen (secondary N) is 1. The predicted octanol–water partition coefficient (Wildman–Crippen LogP) is 3.41. The van der Waals surface area contributed by atoms with E-state index in [-0.39, 0.29) is 5.75 Å². The highest BCUT2D eigenvalue weighted by molar-refractivity contribution is 7.18. The third-order valence-electron chi connectivity index (χ3n) is 4.50. The Morgan fingerprint density at radius 3 is 2.58 bits per heavy atom. The van der Waals surface area contributed by atoms with Crippen LogP contribution < -0.4 is 10.2 Å². The van der Waals surface area contributed by atoms with E-state index in [0.29, 0.717) is 0 Å². The van der Waals surface area contributed by atoms with Gasteiger partial charge in [-0.05, 0) is 42.9 Å². The molecule has 0 bridgehead atoms. The molecule has 1 fully saturated rings. The van der Waals surface area contributed by atoms with E-state index < -0.39 is 0 Å². The van der Waals surface area contributed by atoms with Crippen LogP contribution in [0.25, 0.3) is 10.4 Å². The van der Waals surface area contributed by atoms with Gasteiger partial charge in [0.25, 0.3) is 0 Å². The van der Waals surface area contributed by atoms with E-state index in [0.717, 1.165) is 47.6 Å². The van der Waals surface area contributed by atoms with Crippen molar-refractivity contribution in [2.24, 2.45) is 0 Å². The van der Waals surface area contributed by atoms with E-state index in [1.807, 2.05) is 24.5 Å². The van der Waals surface area contributed by atoms with E-state index >= 15 is 0 Å². The van der Waals surface area contributed by atoms with Gasteiger partial charge < -0.3 is 20.2 Å². The average molecular weight is 367 g/mol. The van der Waals surface area contributed by atoms with Crippen LogP contribution in [0.15, 0.2) is 48.8 Å². The molecule has 0 unspecified atom stereocenters. The predicted molar refractivity (Wildman–Crippen MR) is 106 cm³/mol. The van der Waals surface area contributed by atoms with Crippen LogP contribution >= 0.6 is 11.3 Å². The number of nitrogens with zero attached hydrogens (tertiary/aromatic N) is 4. The van der Waals surface area contributed by atoms with Crippen LogP contribution in [-0.2, 0) is 0 Å². The summed E-state index contributed by atoms with van der Waals surface area (Å²) in [6.45, 7) is 4.21. The van der Waals surface area contributed by atoms with Crippen LogP contribution in [0.5, 0.6) is 5.75 Å². The quantitative estimate of drug-likeness (QED) is 0.737. The summed E-state index contributed by atoms with van der Waals surface area (Å²) >= 11 is 1.56. The maximum atomic E-state index is 9.41. The van der Waals surface area contributed by atoms with E-state index in [1.165, 1.54) is 5.69 Å². The molecule has 0 atom stereocenters. The monoisotopic (exact) mass is 367 g/mol. The highest BCUT2D eigenvalue weighted by Crippen LogP contribution is 2.31. The lowest BCUT2D eigenvalue weighted by Gasteiger charge is -2.34. The van der Waals surface area contributed by atoms with Gasteiger partial charge in [-0.25, -0.2) is 9.97 Å². The lowest BCUT2D eigenvalue weighted by Crippen LogP contribution is -2.44. The Bertz CT molecular complexity index is 872. The summed E-state index contributed by atoms with van der Waals surface area (Å²) < 4.78 is 0. The number of anilines is 3. The molecule has 0 radical (unpaired) electrons. The summed E-state index contributed by atoms with van der Waals surface area (Å²) in [5.41, 5.74) is 2.22. The molecule has 1 aromatic carbocycles. The molecule has 3 aromatic rings. The first kappa shape index (κ1) is 16.8. The van der Waals surface area contributed by atoms with Gasteiger partial charge in [-0.2, -0.15) is 0 Å². The maximum absolute atomic E-state index is 9.41. The molecule has 1 aliphatic heterocycles. The summed E-state index contributed by atoms with van der Waals surface area (Å²) in [4.78, 5) is 14.6. The number of likely N-dealkylation sites (N-methyl/N-ethyl adjacent to an activating group) is 1. The summed E-state index contributed by atoms with van der Waals surface area (Å²) in [5, 5.41) is 13.5. The number of phenols is 1. The smallest absolute Gasteiger partial charge is 0.188 e. The Hall–Kier alpha value is -2.64. The van der Waals surface area contributed by atoms with Crippen LogP contribution in [-0.4, -0.2) is 53.2 Å². The average Bonchev–Trinajstić information content (AvgIpc) is 3.11. The molecule has 0 amide bonds. The number of rotatable bonds is 4. The number of aromatic nitrogens is 2. The first-order chi connectivity index (χ1) is 12.7. The molecule has 4 rings (SSSR count). The van der Waals surface area contributed by atoms with Gasteiger partial charge in [-0.15, -0.1) is 0 Å². The minimum Gasteiger partial charge on any atom is -0.508 e. The Balaban J connectivity index is 1.48. The molecular weight excluding hydrogens is 346 g/mol. The Morgan fingerprint density at radius 2 is 1.81 bits per heavy atom. The van der Waals surface area contributed by atoms with Crippen molar-refractivity contribution in [2.75, 3.05) is 43.4 Å². The van der Waals surface area contributed by atoms with E-state index in [9.17, 15) is 5.11 Å². The highest BCUT2D eigenvalue weighted by atomic mass is 32.1. The number of aromatic hydroxyl groups is 1. The van der Waals surface area contributed by atoms with Crippen LogP contribution in [0.3, 0.4) is 0 Å². The van der Waals surface area contributed by atoms with Crippen LogP contribution in [0, 0.1) is 0 Å². The summed E-state index contributed by atoms with van der Waals surface area (Å²) in [7, 11) is 2.16. The molecule has 6 nitrogen and oxygen atoms in total. The number of hydrogen-bond donors (Lipinski definition) is 2. The van der Waals surface area contributed by atoms with Crippen molar-refractivity contribution in [3.63, 3.8) is 0 Å².